The Morgan fingerprint density at radius 3 is 2.82 bits per heavy atom. The topological polar surface area (TPSA) is 106 Å². The summed E-state index contributed by atoms with van der Waals surface area (Å²) in [5.74, 6) is -0.276. The lowest BCUT2D eigenvalue weighted by Gasteiger charge is -2.34. The van der Waals surface area contributed by atoms with Gasteiger partial charge in [-0.2, -0.15) is 9.97 Å². The zero-order chi connectivity index (χ0) is 26.6. The predicted molar refractivity (Wildman–Crippen MR) is 148 cm³/mol. The molecule has 2 aromatic carbocycles. The summed E-state index contributed by atoms with van der Waals surface area (Å²) in [6, 6.07) is 6.93. The maximum Gasteiger partial charge on any atom is 0.319 e. The van der Waals surface area contributed by atoms with E-state index in [1.54, 1.807) is 17.0 Å². The quantitative estimate of drug-likeness (QED) is 0.364. The van der Waals surface area contributed by atoms with Crippen LogP contribution >= 0.6 is 22.9 Å². The van der Waals surface area contributed by atoms with Crippen molar-refractivity contribution in [2.45, 2.75) is 37.5 Å². The van der Waals surface area contributed by atoms with E-state index in [-0.39, 0.29) is 47.2 Å². The van der Waals surface area contributed by atoms with Gasteiger partial charge in [-0.1, -0.05) is 35.1 Å². The Kier molecular flexibility index (Phi) is 6.71. The van der Waals surface area contributed by atoms with E-state index in [1.165, 1.54) is 11.3 Å². The van der Waals surface area contributed by atoms with E-state index in [0.29, 0.717) is 40.6 Å². The molecule has 2 aromatic heterocycles. The van der Waals surface area contributed by atoms with E-state index in [1.807, 2.05) is 19.2 Å². The van der Waals surface area contributed by atoms with Crippen molar-refractivity contribution in [2.24, 2.45) is 5.73 Å². The zero-order valence-electron chi connectivity index (χ0n) is 20.8. The average molecular weight is 560 g/mol. The molecule has 0 bridgehead atoms. The van der Waals surface area contributed by atoms with Crippen LogP contribution in [0.1, 0.15) is 19.3 Å². The summed E-state index contributed by atoms with van der Waals surface area (Å²) in [6.07, 6.45) is 1.21. The fraction of sp³-hybridized carbons (Fsp3) is 0.423. The van der Waals surface area contributed by atoms with Gasteiger partial charge in [0.2, 0.25) is 0 Å². The van der Waals surface area contributed by atoms with Crippen molar-refractivity contribution in [3.8, 4) is 17.1 Å². The van der Waals surface area contributed by atoms with Crippen LogP contribution in [0.25, 0.3) is 32.2 Å². The normalized spacial score (nSPS) is 22.6. The molecule has 6 rings (SSSR count). The third kappa shape index (κ3) is 4.61. The first-order valence-electron chi connectivity index (χ1n) is 12.6. The third-order valence-electron chi connectivity index (χ3n) is 7.35. The van der Waals surface area contributed by atoms with Crippen molar-refractivity contribution in [2.75, 3.05) is 43.9 Å². The molecule has 200 valence electrons. The molecule has 2 aliphatic rings. The van der Waals surface area contributed by atoms with Crippen LogP contribution in [0.4, 0.5) is 19.7 Å². The summed E-state index contributed by atoms with van der Waals surface area (Å²) in [6.45, 7) is 1.81. The van der Waals surface area contributed by atoms with Gasteiger partial charge >= 0.3 is 6.01 Å². The van der Waals surface area contributed by atoms with Crippen molar-refractivity contribution in [3.05, 3.63) is 35.1 Å². The molecular formula is C26H28ClF2N7OS. The fourth-order valence-corrected chi connectivity index (χ4v) is 6.54. The molecule has 4 aromatic rings. The van der Waals surface area contributed by atoms with Crippen molar-refractivity contribution in [1.29, 1.82) is 0 Å². The molecule has 12 heteroatoms. The Hall–Kier alpha value is -2.86. The maximum atomic E-state index is 16.4. The number of likely N-dealkylation sites (N-methyl/N-ethyl adjacent to an activating group) is 1. The Balaban J connectivity index is 1.51. The molecule has 4 heterocycles. The number of halogens is 3. The second-order valence-electron chi connectivity index (χ2n) is 10.1. The standard InChI is InChI=1S/C26H28ClF2N7OS/c1-35-7-3-4-15(35)12-37-26-33-23-17(24(34-26)36-10-13(28)8-14(30)11-36)9-18(27)20(21(23)29)16-5-2-6-19-22(16)32-25(31)38-19/h2,5-6,9,13-15H,3-4,7-8,10-12,30H2,1H3,(H2,31,32)/t13-,14-,15+/m1/s1. The van der Waals surface area contributed by atoms with Gasteiger partial charge in [-0.15, -0.1) is 0 Å². The molecule has 2 fully saturated rings. The first-order chi connectivity index (χ1) is 18.3. The van der Waals surface area contributed by atoms with Gasteiger partial charge < -0.3 is 26.0 Å². The molecule has 4 N–H and O–H groups in total. The number of alkyl halides is 1. The SMILES string of the molecule is CN1CCC[C@H]1COc1nc(N2C[C@H](N)C[C@@H](F)C2)c2cc(Cl)c(-c3cccc4sc(N)nc34)c(F)c2n1. The highest BCUT2D eigenvalue weighted by Crippen LogP contribution is 2.42. The highest BCUT2D eigenvalue weighted by molar-refractivity contribution is 7.22. The number of piperidine rings is 1. The second kappa shape index (κ2) is 10.0. The Labute approximate surface area is 227 Å². The van der Waals surface area contributed by atoms with Crippen LogP contribution in [0.15, 0.2) is 24.3 Å². The number of nitrogens with two attached hydrogens (primary N) is 2. The summed E-state index contributed by atoms with van der Waals surface area (Å²) in [5.41, 5.74) is 13.3. The fourth-order valence-electron chi connectivity index (χ4n) is 5.49. The summed E-state index contributed by atoms with van der Waals surface area (Å²) in [5, 5.41) is 0.912. The molecule has 0 radical (unpaired) electrons. The van der Waals surface area contributed by atoms with Crippen molar-refractivity contribution in [1.82, 2.24) is 19.9 Å². The minimum atomic E-state index is -1.13. The van der Waals surface area contributed by atoms with Crippen molar-refractivity contribution >= 4 is 55.0 Å². The number of nitrogens with zero attached hydrogens (tertiary/aromatic N) is 5. The molecule has 0 aliphatic carbocycles. The number of rotatable bonds is 5. The number of hydrogen-bond acceptors (Lipinski definition) is 9. The number of anilines is 2. The molecule has 8 nitrogen and oxygen atoms in total. The van der Waals surface area contributed by atoms with Crippen LogP contribution in [-0.4, -0.2) is 71.4 Å². The Morgan fingerprint density at radius 2 is 2.05 bits per heavy atom. The van der Waals surface area contributed by atoms with E-state index in [2.05, 4.69) is 19.9 Å². The lowest BCUT2D eigenvalue weighted by molar-refractivity contribution is 0.188. The monoisotopic (exact) mass is 559 g/mol. The number of fused-ring (bicyclic) bond motifs is 2. The smallest absolute Gasteiger partial charge is 0.319 e. The van der Waals surface area contributed by atoms with Gasteiger partial charge in [-0.3, -0.25) is 0 Å². The zero-order valence-corrected chi connectivity index (χ0v) is 22.4. The molecule has 38 heavy (non-hydrogen) atoms. The van der Waals surface area contributed by atoms with Gasteiger partial charge in [0, 0.05) is 35.1 Å². The third-order valence-corrected chi connectivity index (χ3v) is 8.50. The number of thiazole rings is 1. The second-order valence-corrected chi connectivity index (χ2v) is 11.5. The Bertz CT molecular complexity index is 1510. The summed E-state index contributed by atoms with van der Waals surface area (Å²) in [4.78, 5) is 17.5. The minimum absolute atomic E-state index is 0.0330. The number of para-hydroxylation sites is 1. The first-order valence-corrected chi connectivity index (χ1v) is 13.8. The van der Waals surface area contributed by atoms with Crippen LogP contribution in [0.2, 0.25) is 5.02 Å². The van der Waals surface area contributed by atoms with Gasteiger partial charge in [0.25, 0.3) is 0 Å². The van der Waals surface area contributed by atoms with E-state index in [4.69, 9.17) is 27.8 Å². The molecule has 0 saturated carbocycles. The van der Waals surface area contributed by atoms with E-state index < -0.39 is 12.0 Å². The predicted octanol–water partition coefficient (Wildman–Crippen LogP) is 4.63. The molecule has 0 spiro atoms. The summed E-state index contributed by atoms with van der Waals surface area (Å²) in [7, 11) is 2.05. The van der Waals surface area contributed by atoms with Crippen molar-refractivity contribution < 1.29 is 13.5 Å². The molecular weight excluding hydrogens is 532 g/mol. The van der Waals surface area contributed by atoms with Crippen LogP contribution < -0.4 is 21.1 Å². The van der Waals surface area contributed by atoms with Gasteiger partial charge in [0.05, 0.1) is 21.8 Å². The van der Waals surface area contributed by atoms with Crippen molar-refractivity contribution in [3.63, 3.8) is 0 Å². The number of hydrogen-bond donors (Lipinski definition) is 2. The highest BCUT2D eigenvalue weighted by Gasteiger charge is 2.30. The molecule has 2 aliphatic heterocycles. The molecule has 0 amide bonds. The lowest BCUT2D eigenvalue weighted by Crippen LogP contribution is -2.48. The average Bonchev–Trinajstić information content (AvgIpc) is 3.46. The van der Waals surface area contributed by atoms with E-state index in [0.717, 1.165) is 24.1 Å². The molecule has 3 atom stereocenters. The van der Waals surface area contributed by atoms with Gasteiger partial charge in [0.15, 0.2) is 10.9 Å². The summed E-state index contributed by atoms with van der Waals surface area (Å²) >= 11 is 8.03. The first kappa shape index (κ1) is 25.4. The summed E-state index contributed by atoms with van der Waals surface area (Å²) < 4.78 is 37.8. The Morgan fingerprint density at radius 1 is 1.21 bits per heavy atom. The van der Waals surface area contributed by atoms with Crippen LogP contribution in [0, 0.1) is 5.82 Å². The lowest BCUT2D eigenvalue weighted by atomic mass is 10.0. The van der Waals surface area contributed by atoms with E-state index >= 15 is 4.39 Å². The van der Waals surface area contributed by atoms with Gasteiger partial charge in [-0.25, -0.2) is 13.8 Å². The number of benzene rings is 2. The molecule has 2 saturated heterocycles. The highest BCUT2D eigenvalue weighted by atomic mass is 35.5. The largest absolute Gasteiger partial charge is 0.462 e. The number of likely N-dealkylation sites (tertiary alicyclic amines) is 1. The minimum Gasteiger partial charge on any atom is -0.462 e. The number of nitrogen functional groups attached to an aromatic ring is 1. The molecule has 0 unspecified atom stereocenters. The van der Waals surface area contributed by atoms with Gasteiger partial charge in [0.1, 0.15) is 24.1 Å². The van der Waals surface area contributed by atoms with E-state index in [9.17, 15) is 4.39 Å². The van der Waals surface area contributed by atoms with Gasteiger partial charge in [-0.05, 0) is 45.0 Å². The van der Waals surface area contributed by atoms with Crippen LogP contribution in [-0.2, 0) is 0 Å². The van der Waals surface area contributed by atoms with Crippen LogP contribution in [0.5, 0.6) is 6.01 Å². The maximum absolute atomic E-state index is 16.4. The number of aromatic nitrogens is 3. The van der Waals surface area contributed by atoms with Crippen LogP contribution in [0.3, 0.4) is 0 Å². The number of ether oxygens (including phenoxy) is 1.